The highest BCUT2D eigenvalue weighted by Crippen LogP contribution is 2.42. The van der Waals surface area contributed by atoms with Crippen molar-refractivity contribution in [2.24, 2.45) is 0 Å². The van der Waals surface area contributed by atoms with Gasteiger partial charge in [-0.3, -0.25) is 0 Å². The van der Waals surface area contributed by atoms with Crippen molar-refractivity contribution < 1.29 is 9.53 Å². The Balaban J connectivity index is 2.41. The van der Waals surface area contributed by atoms with Gasteiger partial charge in [-0.05, 0) is 46.6 Å². The van der Waals surface area contributed by atoms with Crippen molar-refractivity contribution in [3.05, 3.63) is 47.8 Å². The first-order chi connectivity index (χ1) is 17.3. The van der Waals surface area contributed by atoms with Crippen LogP contribution < -0.4 is 0 Å². The van der Waals surface area contributed by atoms with Crippen LogP contribution in [0.4, 0.5) is 0 Å². The van der Waals surface area contributed by atoms with Crippen LogP contribution in [0.2, 0.25) is 27.7 Å². The molecule has 2 aromatic rings. The molecule has 0 bridgehead atoms. The van der Waals surface area contributed by atoms with E-state index in [-0.39, 0.29) is 18.8 Å². The molecule has 0 amide bonds. The van der Waals surface area contributed by atoms with Gasteiger partial charge in [0.05, 0.1) is 24.9 Å². The maximum absolute atomic E-state index is 10.1. The molecule has 0 aliphatic carbocycles. The van der Waals surface area contributed by atoms with E-state index in [2.05, 4.69) is 110 Å². The van der Waals surface area contributed by atoms with Gasteiger partial charge in [-0.1, -0.05) is 105 Å². The quantitative estimate of drug-likeness (QED) is 0.221. The van der Waals surface area contributed by atoms with E-state index in [1.54, 1.807) is 4.68 Å². The maximum atomic E-state index is 10.1. The predicted octanol–water partition coefficient (Wildman–Crippen LogP) is 7.66. The average molecular weight is 542 g/mol. The molecule has 1 aromatic heterocycles. The number of benzene rings is 1. The summed E-state index contributed by atoms with van der Waals surface area (Å²) in [6.45, 7) is 25.4. The van der Waals surface area contributed by atoms with Crippen LogP contribution in [0.3, 0.4) is 0 Å². The summed E-state index contributed by atoms with van der Waals surface area (Å²) in [4.78, 5) is 0. The zero-order valence-corrected chi connectivity index (χ0v) is 27.1. The third-order valence-electron chi connectivity index (χ3n) is 8.27. The van der Waals surface area contributed by atoms with Gasteiger partial charge in [0.2, 0.25) is 0 Å². The van der Waals surface area contributed by atoms with Gasteiger partial charge in [0, 0.05) is 0 Å². The Labute approximate surface area is 228 Å². The lowest BCUT2D eigenvalue weighted by Crippen LogP contribution is -2.48. The van der Waals surface area contributed by atoms with Gasteiger partial charge in [-0.25, -0.2) is 4.68 Å². The van der Waals surface area contributed by atoms with Crippen LogP contribution in [-0.4, -0.2) is 43.1 Å². The Bertz CT molecular complexity index is 992. The molecule has 0 saturated heterocycles. The number of hydrogen-bond acceptors (Lipinski definition) is 4. The average Bonchev–Trinajstić information content (AvgIpc) is 3.32. The topological polar surface area (TPSA) is 60.2 Å². The van der Waals surface area contributed by atoms with Crippen LogP contribution in [-0.2, 0) is 10.8 Å². The van der Waals surface area contributed by atoms with Gasteiger partial charge in [-0.2, -0.15) is 0 Å². The fraction of sp³-hybridized carbons (Fsp3) is 0.667. The summed E-state index contributed by atoms with van der Waals surface area (Å²) in [7, 11) is -4.36. The van der Waals surface area contributed by atoms with Crippen molar-refractivity contribution in [1.82, 2.24) is 15.0 Å². The van der Waals surface area contributed by atoms with Crippen molar-refractivity contribution >= 4 is 16.4 Å². The highest BCUT2D eigenvalue weighted by Gasteiger charge is 2.46. The maximum Gasteiger partial charge on any atom is 0.276 e. The largest absolute Gasteiger partial charge is 0.396 e. The molecule has 0 radical (unpaired) electrons. The van der Waals surface area contributed by atoms with Crippen LogP contribution >= 0.6 is 0 Å². The molecule has 0 fully saturated rings. The molecule has 206 valence electrons. The van der Waals surface area contributed by atoms with Gasteiger partial charge < -0.3 is 9.53 Å². The van der Waals surface area contributed by atoms with Crippen LogP contribution in [0, 0.1) is 11.1 Å². The minimum atomic E-state index is -2.48. The van der Waals surface area contributed by atoms with E-state index in [1.807, 2.05) is 24.4 Å². The Morgan fingerprint density at radius 2 is 1.35 bits per heavy atom. The lowest BCUT2D eigenvalue weighted by atomic mass is 10.1. The molecule has 0 saturated carbocycles. The molecule has 7 heteroatoms. The van der Waals surface area contributed by atoms with E-state index in [1.165, 1.54) is 0 Å². The first-order valence-corrected chi connectivity index (χ1v) is 18.4. The van der Waals surface area contributed by atoms with Gasteiger partial charge in [-0.15, -0.1) is 16.2 Å². The smallest absolute Gasteiger partial charge is 0.276 e. The molecule has 2 atom stereocenters. The molecule has 37 heavy (non-hydrogen) atoms. The second-order valence-electron chi connectivity index (χ2n) is 12.2. The molecule has 0 spiro atoms. The third kappa shape index (κ3) is 7.03. The molecule has 0 unspecified atom stereocenters. The third-order valence-corrected chi connectivity index (χ3v) is 19.5. The van der Waals surface area contributed by atoms with E-state index in [4.69, 9.17) is 4.43 Å². The van der Waals surface area contributed by atoms with Crippen molar-refractivity contribution in [1.29, 1.82) is 0 Å². The zero-order valence-electron chi connectivity index (χ0n) is 25.1. The summed E-state index contributed by atoms with van der Waals surface area (Å²) in [5.74, 6) is 0. The molecule has 0 aliphatic rings. The fourth-order valence-electron chi connectivity index (χ4n) is 6.03. The molecule has 5 nitrogen and oxygen atoms in total. The van der Waals surface area contributed by atoms with Crippen LogP contribution in [0.15, 0.2) is 36.5 Å². The van der Waals surface area contributed by atoms with Crippen LogP contribution in [0.1, 0.15) is 99.6 Å². The molecular weight excluding hydrogens is 491 g/mol. The molecule has 1 heterocycles. The van der Waals surface area contributed by atoms with E-state index in [9.17, 15) is 5.11 Å². The van der Waals surface area contributed by atoms with Gasteiger partial charge in [0.25, 0.3) is 8.32 Å². The monoisotopic (exact) mass is 541 g/mol. The molecular formula is C30H51N3O2Si2. The number of aromatic nitrogens is 3. The molecule has 1 aromatic carbocycles. The number of aliphatic hydroxyl groups is 1. The minimum absolute atomic E-state index is 0.00139. The number of nitrogens with zero attached hydrogens (tertiary/aromatic N) is 3. The summed E-state index contributed by atoms with van der Waals surface area (Å²) in [6.07, 6.45) is 2.42. The summed E-state index contributed by atoms with van der Waals surface area (Å²) in [5.41, 5.74) is 12.3. The normalized spacial score (nSPS) is 14.5. The SMILES string of the molecule is CC(C)[Si](C#C[Si](C(C)C)(C(C)C)C(C)C)(O[C@H](C)c1cn([C@H](CO)Cc2ccccc2)nn1)C(C)C. The lowest BCUT2D eigenvalue weighted by Gasteiger charge is -2.40. The second kappa shape index (κ2) is 13.4. The number of rotatable bonds is 12. The van der Waals surface area contributed by atoms with E-state index in [0.717, 1.165) is 11.3 Å². The standard InChI is InChI=1S/C30H51N3O2Si2/c1-22(2)36(23(3)4,24(5)6)17-18-37(25(7)8,26(9)10)35-27(11)30-20-33(32-31-30)29(21-34)19-28-15-13-12-14-16-28/h12-16,20,22-27,29,34H,19,21H2,1-11H3/t27-,29+/m1/s1. The Kier molecular flexibility index (Phi) is 11.4. The summed E-state index contributed by atoms with van der Waals surface area (Å²) in [5, 5.41) is 18.9. The highest BCUT2D eigenvalue weighted by atomic mass is 28.4. The molecule has 0 aliphatic heterocycles. The number of hydrogen-bond donors (Lipinski definition) is 1. The van der Waals surface area contributed by atoms with Crippen LogP contribution in [0.5, 0.6) is 0 Å². The van der Waals surface area contributed by atoms with E-state index < -0.39 is 16.4 Å². The minimum Gasteiger partial charge on any atom is -0.396 e. The van der Waals surface area contributed by atoms with Gasteiger partial charge in [0.1, 0.15) is 13.8 Å². The molecule has 1 N–H and O–H groups in total. The van der Waals surface area contributed by atoms with Gasteiger partial charge >= 0.3 is 0 Å². The highest BCUT2D eigenvalue weighted by molar-refractivity contribution is 6.93. The molecule has 2 rings (SSSR count). The van der Waals surface area contributed by atoms with Crippen molar-refractivity contribution in [3.63, 3.8) is 0 Å². The lowest BCUT2D eigenvalue weighted by molar-refractivity contribution is 0.202. The number of aliphatic hydroxyl groups excluding tert-OH is 1. The first-order valence-electron chi connectivity index (χ1n) is 14.1. The van der Waals surface area contributed by atoms with E-state index in [0.29, 0.717) is 34.1 Å². The Hall–Kier alpha value is -1.73. The summed E-state index contributed by atoms with van der Waals surface area (Å²) >= 11 is 0. The van der Waals surface area contributed by atoms with Crippen molar-refractivity contribution in [2.75, 3.05) is 6.61 Å². The Morgan fingerprint density at radius 1 is 0.811 bits per heavy atom. The Morgan fingerprint density at radius 3 is 1.81 bits per heavy atom. The van der Waals surface area contributed by atoms with Crippen LogP contribution in [0.25, 0.3) is 0 Å². The van der Waals surface area contributed by atoms with Crippen molar-refractivity contribution in [2.45, 2.75) is 122 Å². The van der Waals surface area contributed by atoms with E-state index >= 15 is 0 Å². The fourth-order valence-corrected chi connectivity index (χ4v) is 15.8. The first kappa shape index (κ1) is 31.5. The summed E-state index contributed by atoms with van der Waals surface area (Å²) in [6, 6.07) is 10.0. The predicted molar refractivity (Wildman–Crippen MR) is 161 cm³/mol. The zero-order chi connectivity index (χ0) is 28.0. The summed E-state index contributed by atoms with van der Waals surface area (Å²) < 4.78 is 8.82. The van der Waals surface area contributed by atoms with Gasteiger partial charge in [0.15, 0.2) is 0 Å². The van der Waals surface area contributed by atoms with Crippen molar-refractivity contribution in [3.8, 4) is 11.1 Å². The second-order valence-corrected chi connectivity index (χ2v) is 22.1.